The van der Waals surface area contributed by atoms with Gasteiger partial charge in [0.1, 0.15) is 11.4 Å². The molecule has 0 saturated heterocycles. The maximum atomic E-state index is 4.51. The molecule has 0 radical (unpaired) electrons. The fourth-order valence-electron chi connectivity index (χ4n) is 4.03. The van der Waals surface area contributed by atoms with Crippen LogP contribution in [0.15, 0.2) is 67.1 Å². The molecule has 3 aromatic heterocycles. The number of nitrogens with one attached hydrogen (secondary N) is 2. The Bertz CT molecular complexity index is 1350. The summed E-state index contributed by atoms with van der Waals surface area (Å²) in [5.74, 6) is 0. The number of benzene rings is 2. The van der Waals surface area contributed by atoms with Crippen LogP contribution >= 0.6 is 0 Å². The number of nitrogens with zero attached hydrogens (tertiary/aromatic N) is 5. The third-order valence-electron chi connectivity index (χ3n) is 5.63. The van der Waals surface area contributed by atoms with Gasteiger partial charge in [-0.25, -0.2) is 4.68 Å². The van der Waals surface area contributed by atoms with Gasteiger partial charge in [-0.15, -0.1) is 5.10 Å². The number of hydrogen-bond acceptors (Lipinski definition) is 5. The molecule has 0 unspecified atom stereocenters. The maximum Gasteiger partial charge on any atom is 0.134 e. The van der Waals surface area contributed by atoms with Gasteiger partial charge < -0.3 is 5.32 Å². The van der Waals surface area contributed by atoms with E-state index < -0.39 is 0 Å². The van der Waals surface area contributed by atoms with Crippen LogP contribution in [0.5, 0.6) is 0 Å². The Morgan fingerprint density at radius 3 is 2.90 bits per heavy atom. The Morgan fingerprint density at radius 2 is 1.97 bits per heavy atom. The van der Waals surface area contributed by atoms with Gasteiger partial charge in [0.15, 0.2) is 0 Å². The standard InChI is InChI=1S/C23H19N7/c1-2-17(12-24-8-1)16-4-6-21-20(11-16)23(28-26-21)22-14-30(29-27-22)19-5-3-15-7-9-25-13-18(15)10-19/h1-6,8,10-12,14,25H,7,9,13H2,(H,26,28). The second-order valence-electron chi connectivity index (χ2n) is 7.50. The quantitative estimate of drug-likeness (QED) is 0.490. The summed E-state index contributed by atoms with van der Waals surface area (Å²) in [5.41, 5.74) is 8.38. The molecule has 5 aromatic rings. The molecule has 0 fully saturated rings. The molecule has 146 valence electrons. The molecule has 0 atom stereocenters. The highest BCUT2D eigenvalue weighted by Crippen LogP contribution is 2.29. The highest BCUT2D eigenvalue weighted by Gasteiger charge is 2.15. The van der Waals surface area contributed by atoms with Crippen molar-refractivity contribution < 1.29 is 0 Å². The third kappa shape index (κ3) is 2.87. The van der Waals surface area contributed by atoms with E-state index in [4.69, 9.17) is 0 Å². The maximum absolute atomic E-state index is 4.51. The first kappa shape index (κ1) is 17.1. The molecular formula is C23H19N7. The number of pyridine rings is 1. The number of rotatable bonds is 3. The Kier molecular flexibility index (Phi) is 3.92. The summed E-state index contributed by atoms with van der Waals surface area (Å²) < 4.78 is 1.82. The van der Waals surface area contributed by atoms with Crippen molar-refractivity contribution in [2.75, 3.05) is 6.54 Å². The molecule has 7 nitrogen and oxygen atoms in total. The fraction of sp³-hybridized carbons (Fsp3) is 0.130. The first-order chi connectivity index (χ1) is 14.8. The van der Waals surface area contributed by atoms with Crippen molar-refractivity contribution >= 4 is 10.9 Å². The van der Waals surface area contributed by atoms with Crippen molar-refractivity contribution in [1.29, 1.82) is 0 Å². The smallest absolute Gasteiger partial charge is 0.134 e. The zero-order valence-electron chi connectivity index (χ0n) is 16.2. The van der Waals surface area contributed by atoms with Gasteiger partial charge in [-0.1, -0.05) is 23.4 Å². The summed E-state index contributed by atoms with van der Waals surface area (Å²) in [5, 5.41) is 20.8. The van der Waals surface area contributed by atoms with E-state index in [2.05, 4.69) is 67.2 Å². The minimum absolute atomic E-state index is 0.737. The molecule has 4 heterocycles. The Balaban J connectivity index is 1.39. The van der Waals surface area contributed by atoms with Crippen molar-refractivity contribution in [3.05, 3.63) is 78.2 Å². The van der Waals surface area contributed by atoms with Gasteiger partial charge in [0.2, 0.25) is 0 Å². The molecular weight excluding hydrogens is 374 g/mol. The van der Waals surface area contributed by atoms with Gasteiger partial charge in [0, 0.05) is 29.9 Å². The van der Waals surface area contributed by atoms with Crippen LogP contribution in [0, 0.1) is 0 Å². The molecule has 6 rings (SSSR count). The first-order valence-corrected chi connectivity index (χ1v) is 9.99. The molecule has 30 heavy (non-hydrogen) atoms. The van der Waals surface area contributed by atoms with Crippen molar-refractivity contribution in [3.63, 3.8) is 0 Å². The number of H-pyrrole nitrogens is 1. The zero-order valence-corrected chi connectivity index (χ0v) is 16.2. The normalized spacial score (nSPS) is 13.5. The van der Waals surface area contributed by atoms with E-state index in [1.54, 1.807) is 6.20 Å². The van der Waals surface area contributed by atoms with E-state index in [0.29, 0.717) is 0 Å². The van der Waals surface area contributed by atoms with Crippen LogP contribution in [-0.4, -0.2) is 36.7 Å². The molecule has 0 amide bonds. The van der Waals surface area contributed by atoms with Crippen LogP contribution in [0.3, 0.4) is 0 Å². The molecule has 0 spiro atoms. The van der Waals surface area contributed by atoms with E-state index in [1.165, 1.54) is 11.1 Å². The average Bonchev–Trinajstić information content (AvgIpc) is 3.46. The van der Waals surface area contributed by atoms with Crippen LogP contribution in [0.25, 0.3) is 39.1 Å². The van der Waals surface area contributed by atoms with Crippen LogP contribution in [0.2, 0.25) is 0 Å². The second kappa shape index (κ2) is 6.89. The predicted molar refractivity (Wildman–Crippen MR) is 115 cm³/mol. The summed E-state index contributed by atoms with van der Waals surface area (Å²) in [6.45, 7) is 1.93. The Labute approximate surface area is 172 Å². The van der Waals surface area contributed by atoms with E-state index in [1.807, 2.05) is 29.2 Å². The lowest BCUT2D eigenvalue weighted by Crippen LogP contribution is -2.23. The summed E-state index contributed by atoms with van der Waals surface area (Å²) in [6, 6.07) is 16.7. The number of fused-ring (bicyclic) bond motifs is 2. The summed E-state index contributed by atoms with van der Waals surface area (Å²) in [6.07, 6.45) is 6.64. The third-order valence-corrected chi connectivity index (χ3v) is 5.63. The molecule has 7 heteroatoms. The van der Waals surface area contributed by atoms with Crippen molar-refractivity contribution in [3.8, 4) is 28.2 Å². The monoisotopic (exact) mass is 393 g/mol. The SMILES string of the molecule is c1cncc(-c2ccc3[nH]nc(-c4cn(-c5ccc6c(c5)CNCC6)nn4)c3c2)c1. The minimum Gasteiger partial charge on any atom is -0.312 e. The van der Waals surface area contributed by atoms with Gasteiger partial charge >= 0.3 is 0 Å². The zero-order chi connectivity index (χ0) is 19.9. The number of hydrogen-bond donors (Lipinski definition) is 2. The van der Waals surface area contributed by atoms with Crippen LogP contribution in [-0.2, 0) is 13.0 Å². The van der Waals surface area contributed by atoms with E-state index in [9.17, 15) is 0 Å². The molecule has 0 aliphatic carbocycles. The fourth-order valence-corrected chi connectivity index (χ4v) is 4.03. The van der Waals surface area contributed by atoms with Gasteiger partial charge in [-0.05, 0) is 60.0 Å². The second-order valence-corrected chi connectivity index (χ2v) is 7.50. The lowest BCUT2D eigenvalue weighted by molar-refractivity contribution is 0.642. The van der Waals surface area contributed by atoms with Crippen molar-refractivity contribution in [1.82, 2.24) is 35.5 Å². The molecule has 2 aromatic carbocycles. The Hall–Kier alpha value is -3.84. The van der Waals surface area contributed by atoms with Gasteiger partial charge in [0.25, 0.3) is 0 Å². The number of aromatic nitrogens is 6. The van der Waals surface area contributed by atoms with Crippen LogP contribution in [0.4, 0.5) is 0 Å². The number of aromatic amines is 1. The van der Waals surface area contributed by atoms with Gasteiger partial charge in [0.05, 0.1) is 17.4 Å². The first-order valence-electron chi connectivity index (χ1n) is 9.99. The minimum atomic E-state index is 0.737. The summed E-state index contributed by atoms with van der Waals surface area (Å²) in [4.78, 5) is 4.22. The molecule has 0 bridgehead atoms. The topological polar surface area (TPSA) is 84.3 Å². The highest BCUT2D eigenvalue weighted by molar-refractivity contribution is 5.94. The highest BCUT2D eigenvalue weighted by atomic mass is 15.4. The lowest BCUT2D eigenvalue weighted by atomic mass is 10.0. The largest absolute Gasteiger partial charge is 0.312 e. The van der Waals surface area contributed by atoms with E-state index in [0.717, 1.165) is 58.6 Å². The molecule has 1 aliphatic heterocycles. The predicted octanol–water partition coefficient (Wildman–Crippen LogP) is 3.52. The van der Waals surface area contributed by atoms with E-state index >= 15 is 0 Å². The van der Waals surface area contributed by atoms with E-state index in [-0.39, 0.29) is 0 Å². The van der Waals surface area contributed by atoms with Gasteiger partial charge in [-0.2, -0.15) is 5.10 Å². The van der Waals surface area contributed by atoms with Crippen molar-refractivity contribution in [2.24, 2.45) is 0 Å². The Morgan fingerprint density at radius 1 is 0.967 bits per heavy atom. The molecule has 1 aliphatic rings. The van der Waals surface area contributed by atoms with Crippen molar-refractivity contribution in [2.45, 2.75) is 13.0 Å². The average molecular weight is 393 g/mol. The molecule has 2 N–H and O–H groups in total. The van der Waals surface area contributed by atoms with Gasteiger partial charge in [-0.3, -0.25) is 10.1 Å². The summed E-state index contributed by atoms with van der Waals surface area (Å²) in [7, 11) is 0. The molecule has 0 saturated carbocycles. The summed E-state index contributed by atoms with van der Waals surface area (Å²) >= 11 is 0. The van der Waals surface area contributed by atoms with Crippen LogP contribution in [0.1, 0.15) is 11.1 Å². The lowest BCUT2D eigenvalue weighted by Gasteiger charge is -2.17. The van der Waals surface area contributed by atoms with Crippen LogP contribution < -0.4 is 5.32 Å².